The first kappa shape index (κ1) is 18.6. The Morgan fingerprint density at radius 2 is 1.83 bits per heavy atom. The SMILES string of the molecule is [C-]#[N+]c1ccc(-c2c(-c3ccc(C)cc3)cnc3c2ccn3C[C@@H]2CCNC2)cc1. The topological polar surface area (TPSA) is 34.2 Å². The molecule has 0 unspecified atom stereocenters. The maximum absolute atomic E-state index is 7.26. The second-order valence-corrected chi connectivity index (χ2v) is 8.14. The van der Waals surface area contributed by atoms with Gasteiger partial charge in [-0.05, 0) is 49.5 Å². The van der Waals surface area contributed by atoms with Crippen LogP contribution < -0.4 is 5.32 Å². The van der Waals surface area contributed by atoms with E-state index in [9.17, 15) is 0 Å². The predicted octanol–water partition coefficient (Wildman–Crippen LogP) is 5.84. The number of fused-ring (bicyclic) bond motifs is 1. The lowest BCUT2D eigenvalue weighted by molar-refractivity contribution is 0.489. The summed E-state index contributed by atoms with van der Waals surface area (Å²) in [4.78, 5) is 8.44. The molecule has 0 spiro atoms. The molecule has 0 aliphatic carbocycles. The lowest BCUT2D eigenvalue weighted by Crippen LogP contribution is -2.14. The first-order valence-corrected chi connectivity index (χ1v) is 10.5. The summed E-state index contributed by atoms with van der Waals surface area (Å²) in [5, 5.41) is 4.62. The fourth-order valence-corrected chi connectivity index (χ4v) is 4.40. The molecule has 2 aromatic carbocycles. The summed E-state index contributed by atoms with van der Waals surface area (Å²) in [5.74, 6) is 0.653. The van der Waals surface area contributed by atoms with E-state index in [4.69, 9.17) is 11.6 Å². The van der Waals surface area contributed by atoms with E-state index in [1.165, 1.54) is 17.5 Å². The molecule has 1 atom stereocenters. The summed E-state index contributed by atoms with van der Waals surface area (Å²) in [6.07, 6.45) is 5.40. The summed E-state index contributed by atoms with van der Waals surface area (Å²) in [5.41, 5.74) is 7.51. The van der Waals surface area contributed by atoms with Gasteiger partial charge in [-0.3, -0.25) is 0 Å². The summed E-state index contributed by atoms with van der Waals surface area (Å²) in [6, 6.07) is 18.7. The van der Waals surface area contributed by atoms with Gasteiger partial charge < -0.3 is 9.88 Å². The molecule has 1 aliphatic heterocycles. The molecule has 1 N–H and O–H groups in total. The van der Waals surface area contributed by atoms with Gasteiger partial charge in [0.1, 0.15) is 5.65 Å². The summed E-state index contributed by atoms with van der Waals surface area (Å²) in [6.45, 7) is 12.5. The highest BCUT2D eigenvalue weighted by Crippen LogP contribution is 2.38. The third-order valence-electron chi connectivity index (χ3n) is 6.05. The number of nitrogens with zero attached hydrogens (tertiary/aromatic N) is 3. The van der Waals surface area contributed by atoms with Crippen LogP contribution in [0.15, 0.2) is 67.0 Å². The highest BCUT2D eigenvalue weighted by atomic mass is 15.0. The first-order valence-electron chi connectivity index (χ1n) is 10.5. The minimum atomic E-state index is 0.653. The zero-order chi connectivity index (χ0) is 20.5. The maximum Gasteiger partial charge on any atom is 0.187 e. The molecule has 0 radical (unpaired) electrons. The van der Waals surface area contributed by atoms with Crippen molar-refractivity contribution in [3.05, 3.63) is 84.0 Å². The van der Waals surface area contributed by atoms with Gasteiger partial charge in [0, 0.05) is 35.5 Å². The first-order chi connectivity index (χ1) is 14.7. The molecule has 0 amide bonds. The van der Waals surface area contributed by atoms with Crippen LogP contribution >= 0.6 is 0 Å². The lowest BCUT2D eigenvalue weighted by Gasteiger charge is -2.14. The Labute approximate surface area is 177 Å². The van der Waals surface area contributed by atoms with Gasteiger partial charge in [-0.1, -0.05) is 54.1 Å². The number of pyridine rings is 1. The van der Waals surface area contributed by atoms with Crippen LogP contribution in [0, 0.1) is 19.4 Å². The second-order valence-electron chi connectivity index (χ2n) is 8.14. The molecule has 30 heavy (non-hydrogen) atoms. The standard InChI is InChI=1S/C26H24N4/c1-18-3-5-20(6-4-18)24-16-29-26-23(12-14-30(26)17-19-11-13-28-15-19)25(24)21-7-9-22(27-2)10-8-21/h3-10,12,14,16,19,28H,11,13,15,17H2,1H3/t19-/m1/s1. The number of hydrogen-bond donors (Lipinski definition) is 1. The highest BCUT2D eigenvalue weighted by Gasteiger charge is 2.19. The number of benzene rings is 2. The Kier molecular flexibility index (Phi) is 4.82. The predicted molar refractivity (Wildman–Crippen MR) is 123 cm³/mol. The largest absolute Gasteiger partial charge is 0.332 e. The molecular weight excluding hydrogens is 368 g/mol. The second kappa shape index (κ2) is 7.78. The van der Waals surface area contributed by atoms with Crippen molar-refractivity contribution < 1.29 is 0 Å². The zero-order valence-electron chi connectivity index (χ0n) is 17.1. The van der Waals surface area contributed by atoms with Crippen LogP contribution in [0.1, 0.15) is 12.0 Å². The smallest absolute Gasteiger partial charge is 0.187 e. The van der Waals surface area contributed by atoms with E-state index in [-0.39, 0.29) is 0 Å². The Bertz CT molecular complexity index is 1220. The average Bonchev–Trinajstić information content (AvgIpc) is 3.44. The van der Waals surface area contributed by atoms with Gasteiger partial charge in [0.2, 0.25) is 0 Å². The quantitative estimate of drug-likeness (QED) is 0.443. The normalized spacial score (nSPS) is 16.1. The molecule has 1 saturated heterocycles. The van der Waals surface area contributed by atoms with E-state index in [1.807, 2.05) is 18.3 Å². The van der Waals surface area contributed by atoms with Crippen molar-refractivity contribution in [3.63, 3.8) is 0 Å². The van der Waals surface area contributed by atoms with Crippen LogP contribution in [0.5, 0.6) is 0 Å². The Balaban J connectivity index is 1.68. The lowest BCUT2D eigenvalue weighted by atomic mass is 9.93. The van der Waals surface area contributed by atoms with Gasteiger partial charge in [-0.25, -0.2) is 9.83 Å². The molecule has 5 rings (SSSR count). The zero-order valence-corrected chi connectivity index (χ0v) is 17.1. The molecule has 1 aliphatic rings. The van der Waals surface area contributed by atoms with Crippen LogP contribution in [0.25, 0.3) is 38.1 Å². The third kappa shape index (κ3) is 3.38. The molecule has 4 aromatic rings. The van der Waals surface area contributed by atoms with Crippen LogP contribution in [-0.2, 0) is 6.54 Å². The Hall–Kier alpha value is -3.42. The van der Waals surface area contributed by atoms with Gasteiger partial charge >= 0.3 is 0 Å². The molecule has 4 nitrogen and oxygen atoms in total. The van der Waals surface area contributed by atoms with Crippen molar-refractivity contribution in [2.24, 2.45) is 5.92 Å². The third-order valence-corrected chi connectivity index (χ3v) is 6.05. The van der Waals surface area contributed by atoms with Crippen LogP contribution in [0.2, 0.25) is 0 Å². The molecule has 3 heterocycles. The number of nitrogens with one attached hydrogen (secondary N) is 1. The highest BCUT2D eigenvalue weighted by molar-refractivity contribution is 6.01. The molecule has 2 aromatic heterocycles. The molecule has 0 bridgehead atoms. The van der Waals surface area contributed by atoms with E-state index >= 15 is 0 Å². The minimum Gasteiger partial charge on any atom is -0.332 e. The van der Waals surface area contributed by atoms with Crippen molar-refractivity contribution in [1.29, 1.82) is 0 Å². The summed E-state index contributed by atoms with van der Waals surface area (Å²) in [7, 11) is 0. The van der Waals surface area contributed by atoms with Gasteiger partial charge in [0.15, 0.2) is 5.69 Å². The fourth-order valence-electron chi connectivity index (χ4n) is 4.40. The average molecular weight is 393 g/mol. The van der Waals surface area contributed by atoms with E-state index in [2.05, 4.69) is 70.3 Å². The fraction of sp³-hybridized carbons (Fsp3) is 0.231. The van der Waals surface area contributed by atoms with Crippen molar-refractivity contribution in [2.45, 2.75) is 19.9 Å². The van der Waals surface area contributed by atoms with Crippen molar-refractivity contribution in [2.75, 3.05) is 13.1 Å². The number of aryl methyl sites for hydroxylation is 1. The number of rotatable bonds is 4. The molecular formula is C26H24N4. The van der Waals surface area contributed by atoms with Crippen LogP contribution in [0.3, 0.4) is 0 Å². The van der Waals surface area contributed by atoms with E-state index in [0.717, 1.165) is 47.4 Å². The molecule has 4 heteroatoms. The van der Waals surface area contributed by atoms with Gasteiger partial charge in [0.25, 0.3) is 0 Å². The van der Waals surface area contributed by atoms with Crippen molar-refractivity contribution in [3.8, 4) is 22.3 Å². The van der Waals surface area contributed by atoms with Crippen molar-refractivity contribution in [1.82, 2.24) is 14.9 Å². The monoisotopic (exact) mass is 392 g/mol. The van der Waals surface area contributed by atoms with E-state index in [0.29, 0.717) is 11.6 Å². The number of aromatic nitrogens is 2. The summed E-state index contributed by atoms with van der Waals surface area (Å²) < 4.78 is 2.29. The van der Waals surface area contributed by atoms with Crippen molar-refractivity contribution >= 4 is 16.7 Å². The minimum absolute atomic E-state index is 0.653. The number of hydrogen-bond acceptors (Lipinski definition) is 2. The van der Waals surface area contributed by atoms with E-state index in [1.54, 1.807) is 0 Å². The van der Waals surface area contributed by atoms with Crippen LogP contribution in [0.4, 0.5) is 5.69 Å². The summed E-state index contributed by atoms with van der Waals surface area (Å²) >= 11 is 0. The van der Waals surface area contributed by atoms with Gasteiger partial charge in [-0.2, -0.15) is 0 Å². The maximum atomic E-state index is 7.26. The van der Waals surface area contributed by atoms with Crippen LogP contribution in [-0.4, -0.2) is 22.6 Å². The van der Waals surface area contributed by atoms with Gasteiger partial charge in [-0.15, -0.1) is 0 Å². The Morgan fingerprint density at radius 1 is 1.07 bits per heavy atom. The molecule has 0 saturated carbocycles. The molecule has 148 valence electrons. The van der Waals surface area contributed by atoms with E-state index < -0.39 is 0 Å². The Morgan fingerprint density at radius 3 is 2.53 bits per heavy atom. The van der Waals surface area contributed by atoms with Gasteiger partial charge in [0.05, 0.1) is 6.57 Å². The molecule has 1 fully saturated rings.